The molecule has 2 rings (SSSR count). The summed E-state index contributed by atoms with van der Waals surface area (Å²) in [4.78, 5) is 0. The number of hydrogen-bond donors (Lipinski definition) is 0. The lowest BCUT2D eigenvalue weighted by Crippen LogP contribution is -2.50. The molecule has 0 unspecified atom stereocenters. The van der Waals surface area contributed by atoms with E-state index in [9.17, 15) is 35.1 Å². The highest BCUT2D eigenvalue weighted by molar-refractivity contribution is 5.74. The Morgan fingerprint density at radius 3 is 1.78 bits per heavy atom. The lowest BCUT2D eigenvalue weighted by Gasteiger charge is -2.33. The van der Waals surface area contributed by atoms with Crippen molar-refractivity contribution in [3.05, 3.63) is 58.9 Å². The third kappa shape index (κ3) is 3.53. The van der Waals surface area contributed by atoms with Crippen molar-refractivity contribution in [3.63, 3.8) is 0 Å². The van der Waals surface area contributed by atoms with Crippen LogP contribution in [0.4, 0.5) is 35.1 Å². The summed E-state index contributed by atoms with van der Waals surface area (Å²) < 4.78 is 109. The van der Waals surface area contributed by atoms with E-state index in [1.807, 2.05) is 0 Å². The maximum Gasteiger partial charge on any atom is 0.435 e. The van der Waals surface area contributed by atoms with Gasteiger partial charge in [-0.05, 0) is 30.0 Å². The summed E-state index contributed by atoms with van der Waals surface area (Å²) >= 11 is 0. The summed E-state index contributed by atoms with van der Waals surface area (Å²) in [6.07, 6.45) is -12.6. The van der Waals surface area contributed by atoms with E-state index in [0.717, 1.165) is 12.1 Å². The van der Waals surface area contributed by atoms with E-state index in [-0.39, 0.29) is 11.1 Å². The molecule has 148 valence electrons. The third-order valence-corrected chi connectivity index (χ3v) is 4.23. The average Bonchev–Trinajstić information content (AvgIpc) is 2.52. The molecule has 27 heavy (non-hydrogen) atoms. The lowest BCUT2D eigenvalue weighted by atomic mass is 9.80. The Labute approximate surface area is 150 Å². The summed E-state index contributed by atoms with van der Waals surface area (Å²) in [7, 11) is 0. The van der Waals surface area contributed by atoms with E-state index in [4.69, 9.17) is 0 Å². The number of aryl methyl sites for hydroxylation is 1. The first-order valence-corrected chi connectivity index (χ1v) is 7.94. The Hall–Kier alpha value is -2.12. The van der Waals surface area contributed by atoms with Crippen LogP contribution in [0.2, 0.25) is 0 Å². The van der Waals surface area contributed by atoms with Crippen LogP contribution in [0.15, 0.2) is 36.4 Å². The average molecular weight is 396 g/mol. The molecule has 0 atom stereocenters. The van der Waals surface area contributed by atoms with Gasteiger partial charge >= 0.3 is 18.0 Å². The van der Waals surface area contributed by atoms with Gasteiger partial charge in [-0.25, -0.2) is 8.78 Å². The predicted molar refractivity (Wildman–Crippen MR) is 85.6 cm³/mol. The predicted octanol–water partition coefficient (Wildman–Crippen LogP) is 7.21. The van der Waals surface area contributed by atoms with Gasteiger partial charge in [0.2, 0.25) is 0 Å². The summed E-state index contributed by atoms with van der Waals surface area (Å²) in [6.45, 7) is 4.29. The van der Waals surface area contributed by atoms with Gasteiger partial charge in [0.05, 0.1) is 0 Å². The van der Waals surface area contributed by atoms with Crippen molar-refractivity contribution >= 4 is 0 Å². The Kier molecular flexibility index (Phi) is 5.33. The molecule has 2 aromatic carbocycles. The largest absolute Gasteiger partial charge is 0.435 e. The fraction of sp³-hybridized carbons (Fsp3) is 0.368. The minimum absolute atomic E-state index is 0.00399. The van der Waals surface area contributed by atoms with Crippen LogP contribution in [-0.2, 0) is 5.67 Å². The standard InChI is InChI=1S/C19H16F8/c1-10(2)13-8-11(3)9-14(16(13)12-6-4-5-7-15(12)20)17(21,18(22,23)24)19(25,26)27/h4-10H,1-3H3. The zero-order valence-electron chi connectivity index (χ0n) is 14.6. The van der Waals surface area contributed by atoms with Gasteiger partial charge in [0.25, 0.3) is 0 Å². The van der Waals surface area contributed by atoms with Crippen LogP contribution in [0.3, 0.4) is 0 Å². The molecule has 0 heterocycles. The highest BCUT2D eigenvalue weighted by Crippen LogP contribution is 2.56. The van der Waals surface area contributed by atoms with Crippen molar-refractivity contribution in [1.82, 2.24) is 0 Å². The van der Waals surface area contributed by atoms with Crippen LogP contribution in [0, 0.1) is 12.7 Å². The first-order chi connectivity index (χ1) is 12.2. The monoisotopic (exact) mass is 396 g/mol. The molecule has 0 saturated heterocycles. The fourth-order valence-electron chi connectivity index (χ4n) is 2.97. The van der Waals surface area contributed by atoms with Gasteiger partial charge in [-0.3, -0.25) is 0 Å². The second kappa shape index (κ2) is 6.80. The van der Waals surface area contributed by atoms with Crippen LogP contribution in [-0.4, -0.2) is 12.4 Å². The number of rotatable bonds is 3. The maximum absolute atomic E-state index is 14.9. The van der Waals surface area contributed by atoms with Gasteiger partial charge < -0.3 is 0 Å². The van der Waals surface area contributed by atoms with Gasteiger partial charge in [0, 0.05) is 11.1 Å². The quantitative estimate of drug-likeness (QED) is 0.481. The highest BCUT2D eigenvalue weighted by Gasteiger charge is 2.74. The van der Waals surface area contributed by atoms with Crippen LogP contribution < -0.4 is 0 Å². The van der Waals surface area contributed by atoms with Crippen molar-refractivity contribution < 1.29 is 35.1 Å². The van der Waals surface area contributed by atoms with Crippen molar-refractivity contribution in [2.75, 3.05) is 0 Å². The molecule has 0 fully saturated rings. The number of hydrogen-bond acceptors (Lipinski definition) is 0. The molecular weight excluding hydrogens is 380 g/mol. The summed E-state index contributed by atoms with van der Waals surface area (Å²) in [5, 5.41) is 0. The van der Waals surface area contributed by atoms with E-state index < -0.39 is 46.4 Å². The smallest absolute Gasteiger partial charge is 0.218 e. The molecule has 0 radical (unpaired) electrons. The van der Waals surface area contributed by atoms with Crippen molar-refractivity contribution in [2.24, 2.45) is 0 Å². The molecule has 0 aliphatic heterocycles. The van der Waals surface area contributed by atoms with Crippen molar-refractivity contribution in [1.29, 1.82) is 0 Å². The second-order valence-corrected chi connectivity index (χ2v) is 6.57. The minimum Gasteiger partial charge on any atom is -0.218 e. The molecule has 0 aromatic heterocycles. The third-order valence-electron chi connectivity index (χ3n) is 4.23. The van der Waals surface area contributed by atoms with Crippen molar-refractivity contribution in [3.8, 4) is 11.1 Å². The maximum atomic E-state index is 14.9. The molecule has 0 spiro atoms. The molecule has 0 N–H and O–H groups in total. The van der Waals surface area contributed by atoms with Crippen LogP contribution >= 0.6 is 0 Å². The molecule has 0 nitrogen and oxygen atoms in total. The van der Waals surface area contributed by atoms with Gasteiger partial charge in [0.1, 0.15) is 5.82 Å². The normalized spacial score (nSPS) is 13.3. The Morgan fingerprint density at radius 1 is 0.815 bits per heavy atom. The first-order valence-electron chi connectivity index (χ1n) is 7.94. The molecule has 2 aromatic rings. The number of alkyl halides is 7. The summed E-state index contributed by atoms with van der Waals surface area (Å²) in [5.74, 6) is -1.62. The van der Waals surface area contributed by atoms with Gasteiger partial charge in [-0.1, -0.05) is 49.7 Å². The van der Waals surface area contributed by atoms with E-state index in [2.05, 4.69) is 0 Å². The number of benzene rings is 2. The van der Waals surface area contributed by atoms with Crippen LogP contribution in [0.25, 0.3) is 11.1 Å². The number of halogens is 8. The topological polar surface area (TPSA) is 0 Å². The zero-order valence-corrected chi connectivity index (χ0v) is 14.6. The lowest BCUT2D eigenvalue weighted by molar-refractivity contribution is -0.348. The Morgan fingerprint density at radius 2 is 1.33 bits per heavy atom. The fourth-order valence-corrected chi connectivity index (χ4v) is 2.97. The highest BCUT2D eigenvalue weighted by atomic mass is 19.4. The minimum atomic E-state index is -6.28. The van der Waals surface area contributed by atoms with E-state index >= 15 is 0 Å². The molecular formula is C19H16F8. The molecule has 0 aliphatic carbocycles. The Balaban J connectivity index is 3.06. The molecule has 0 saturated carbocycles. The molecule has 0 aliphatic rings. The van der Waals surface area contributed by atoms with Gasteiger partial charge in [0.15, 0.2) is 0 Å². The zero-order chi connectivity index (χ0) is 20.8. The van der Waals surface area contributed by atoms with Crippen LogP contribution in [0.1, 0.15) is 36.5 Å². The Bertz CT molecular complexity index is 817. The molecule has 8 heteroatoms. The molecule has 0 bridgehead atoms. The molecule has 0 amide bonds. The van der Waals surface area contributed by atoms with E-state index in [1.54, 1.807) is 0 Å². The van der Waals surface area contributed by atoms with E-state index in [1.165, 1.54) is 39.0 Å². The second-order valence-electron chi connectivity index (χ2n) is 6.57. The van der Waals surface area contributed by atoms with Crippen LogP contribution in [0.5, 0.6) is 0 Å². The summed E-state index contributed by atoms with van der Waals surface area (Å²) in [6, 6.07) is 6.23. The van der Waals surface area contributed by atoms with E-state index in [0.29, 0.717) is 6.07 Å². The summed E-state index contributed by atoms with van der Waals surface area (Å²) in [5.41, 5.74) is -8.56. The van der Waals surface area contributed by atoms with Gasteiger partial charge in [-0.2, -0.15) is 26.3 Å². The van der Waals surface area contributed by atoms with Gasteiger partial charge in [-0.15, -0.1) is 0 Å². The SMILES string of the molecule is Cc1cc(C(C)C)c(-c2ccccc2F)c(C(F)(C(F)(F)F)C(F)(F)F)c1. The van der Waals surface area contributed by atoms with Crippen molar-refractivity contribution in [2.45, 2.75) is 44.7 Å². The first kappa shape index (κ1) is 21.2.